The quantitative estimate of drug-likeness (QED) is 0.773. The van der Waals surface area contributed by atoms with Crippen LogP contribution in [0.5, 0.6) is 0 Å². The van der Waals surface area contributed by atoms with Crippen molar-refractivity contribution in [2.45, 2.75) is 46.1 Å². The summed E-state index contributed by atoms with van der Waals surface area (Å²) < 4.78 is 2.26. The maximum absolute atomic E-state index is 4.67. The normalized spacial score (nSPS) is 12.2. The van der Waals surface area contributed by atoms with Gasteiger partial charge < -0.3 is 4.57 Å². The van der Waals surface area contributed by atoms with Gasteiger partial charge in [-0.3, -0.25) is 0 Å². The highest BCUT2D eigenvalue weighted by Gasteiger charge is 2.21. The van der Waals surface area contributed by atoms with E-state index in [9.17, 15) is 0 Å². The molecule has 0 saturated carbocycles. The molecule has 3 heteroatoms. The number of nitrogens with zero attached hydrogens (tertiary/aromatic N) is 3. The standard InChI is InChI=1S/C13H19N3/c1-5-7-11-15-10-8-6-9-14-12(10)16(11)13(2,3)4/h6,8-9H,5,7H2,1-4H3. The smallest absolute Gasteiger partial charge is 0.160 e. The molecule has 0 aliphatic heterocycles. The minimum Gasteiger partial charge on any atom is -0.307 e. The highest BCUT2D eigenvalue weighted by atomic mass is 15.2. The zero-order valence-corrected chi connectivity index (χ0v) is 10.5. The fourth-order valence-electron chi connectivity index (χ4n) is 2.06. The van der Waals surface area contributed by atoms with Crippen molar-refractivity contribution in [2.24, 2.45) is 0 Å². The third kappa shape index (κ3) is 1.82. The second-order valence-electron chi connectivity index (χ2n) is 5.13. The topological polar surface area (TPSA) is 30.7 Å². The summed E-state index contributed by atoms with van der Waals surface area (Å²) in [5, 5.41) is 0. The molecule has 0 bridgehead atoms. The summed E-state index contributed by atoms with van der Waals surface area (Å²) in [5.41, 5.74) is 2.03. The Hall–Kier alpha value is -1.38. The second-order valence-corrected chi connectivity index (χ2v) is 5.13. The highest BCUT2D eigenvalue weighted by Crippen LogP contribution is 2.24. The van der Waals surface area contributed by atoms with Crippen LogP contribution in [-0.4, -0.2) is 14.5 Å². The fraction of sp³-hybridized carbons (Fsp3) is 0.538. The van der Waals surface area contributed by atoms with Gasteiger partial charge in [0.25, 0.3) is 0 Å². The van der Waals surface area contributed by atoms with Crippen molar-refractivity contribution >= 4 is 11.2 Å². The summed E-state index contributed by atoms with van der Waals surface area (Å²) in [4.78, 5) is 9.12. The van der Waals surface area contributed by atoms with Crippen molar-refractivity contribution in [3.8, 4) is 0 Å². The molecule has 0 radical (unpaired) electrons. The van der Waals surface area contributed by atoms with Crippen LogP contribution in [0, 0.1) is 0 Å². The summed E-state index contributed by atoms with van der Waals surface area (Å²) >= 11 is 0. The third-order valence-corrected chi connectivity index (χ3v) is 2.63. The van der Waals surface area contributed by atoms with Gasteiger partial charge in [-0.05, 0) is 39.3 Å². The fourth-order valence-corrected chi connectivity index (χ4v) is 2.06. The van der Waals surface area contributed by atoms with Crippen LogP contribution in [0.3, 0.4) is 0 Å². The second kappa shape index (κ2) is 3.89. The Morgan fingerprint density at radius 2 is 2.06 bits per heavy atom. The first kappa shape index (κ1) is 11.1. The lowest BCUT2D eigenvalue weighted by Gasteiger charge is -2.23. The van der Waals surface area contributed by atoms with Crippen LogP contribution in [0.25, 0.3) is 11.2 Å². The molecule has 0 saturated heterocycles. The predicted octanol–water partition coefficient (Wildman–Crippen LogP) is 3.14. The number of rotatable bonds is 2. The third-order valence-electron chi connectivity index (χ3n) is 2.63. The maximum Gasteiger partial charge on any atom is 0.160 e. The molecule has 0 N–H and O–H groups in total. The van der Waals surface area contributed by atoms with Gasteiger partial charge >= 0.3 is 0 Å². The van der Waals surface area contributed by atoms with E-state index in [0.29, 0.717) is 0 Å². The minimum absolute atomic E-state index is 0.0353. The van der Waals surface area contributed by atoms with Crippen LogP contribution in [0.1, 0.15) is 39.9 Å². The first-order valence-electron chi connectivity index (χ1n) is 5.87. The van der Waals surface area contributed by atoms with E-state index >= 15 is 0 Å². The first-order valence-corrected chi connectivity index (χ1v) is 5.87. The molecule has 0 atom stereocenters. The lowest BCUT2D eigenvalue weighted by molar-refractivity contribution is 0.391. The Balaban J connectivity index is 2.69. The van der Waals surface area contributed by atoms with E-state index in [2.05, 4.69) is 42.2 Å². The molecular formula is C13H19N3. The van der Waals surface area contributed by atoms with Crippen LogP contribution < -0.4 is 0 Å². The summed E-state index contributed by atoms with van der Waals surface area (Å²) in [6.07, 6.45) is 3.95. The molecule has 0 unspecified atom stereocenters. The molecule has 0 amide bonds. The van der Waals surface area contributed by atoms with Crippen molar-refractivity contribution in [3.05, 3.63) is 24.2 Å². The summed E-state index contributed by atoms with van der Waals surface area (Å²) in [5.74, 6) is 1.14. The van der Waals surface area contributed by atoms with E-state index in [-0.39, 0.29) is 5.54 Å². The number of hydrogen-bond donors (Lipinski definition) is 0. The number of fused-ring (bicyclic) bond motifs is 1. The average molecular weight is 217 g/mol. The Morgan fingerprint density at radius 1 is 1.31 bits per heavy atom. The van der Waals surface area contributed by atoms with Crippen molar-refractivity contribution in [2.75, 3.05) is 0 Å². The summed E-state index contributed by atoms with van der Waals surface area (Å²) in [6.45, 7) is 8.77. The molecule has 2 aromatic heterocycles. The number of hydrogen-bond acceptors (Lipinski definition) is 2. The van der Waals surface area contributed by atoms with Gasteiger partial charge in [0, 0.05) is 18.2 Å². The van der Waals surface area contributed by atoms with Crippen LogP contribution in [0.15, 0.2) is 18.3 Å². The molecule has 16 heavy (non-hydrogen) atoms. The van der Waals surface area contributed by atoms with E-state index < -0.39 is 0 Å². The van der Waals surface area contributed by atoms with Gasteiger partial charge in [0.2, 0.25) is 0 Å². The van der Waals surface area contributed by atoms with Crippen LogP contribution in [0.4, 0.5) is 0 Å². The molecule has 0 spiro atoms. The molecular weight excluding hydrogens is 198 g/mol. The monoisotopic (exact) mass is 217 g/mol. The maximum atomic E-state index is 4.67. The molecule has 3 nitrogen and oxygen atoms in total. The van der Waals surface area contributed by atoms with Gasteiger partial charge in [-0.25, -0.2) is 9.97 Å². The van der Waals surface area contributed by atoms with Gasteiger partial charge in [0.1, 0.15) is 11.3 Å². The predicted molar refractivity (Wildman–Crippen MR) is 66.5 cm³/mol. The Bertz CT molecular complexity index is 491. The molecule has 0 aromatic carbocycles. The number of aromatic nitrogens is 3. The Labute approximate surface area is 96.5 Å². The highest BCUT2D eigenvalue weighted by molar-refractivity contribution is 5.71. The lowest BCUT2D eigenvalue weighted by Crippen LogP contribution is -2.24. The number of aryl methyl sites for hydroxylation is 1. The Morgan fingerprint density at radius 3 is 2.69 bits per heavy atom. The van der Waals surface area contributed by atoms with Crippen molar-refractivity contribution < 1.29 is 0 Å². The summed E-state index contributed by atoms with van der Waals surface area (Å²) in [7, 11) is 0. The SMILES string of the molecule is CCCc1nc2cccnc2n1C(C)(C)C. The number of imidazole rings is 1. The van der Waals surface area contributed by atoms with Crippen LogP contribution in [-0.2, 0) is 12.0 Å². The average Bonchev–Trinajstić information content (AvgIpc) is 2.55. The van der Waals surface area contributed by atoms with Gasteiger partial charge in [0.05, 0.1) is 0 Å². The van der Waals surface area contributed by atoms with Crippen molar-refractivity contribution in [3.63, 3.8) is 0 Å². The largest absolute Gasteiger partial charge is 0.307 e. The first-order chi connectivity index (χ1) is 7.54. The van der Waals surface area contributed by atoms with E-state index in [1.54, 1.807) is 0 Å². The molecule has 0 aliphatic rings. The zero-order valence-electron chi connectivity index (χ0n) is 10.5. The van der Waals surface area contributed by atoms with E-state index in [1.807, 2.05) is 18.3 Å². The minimum atomic E-state index is 0.0353. The molecule has 2 aromatic rings. The van der Waals surface area contributed by atoms with E-state index in [0.717, 1.165) is 29.8 Å². The van der Waals surface area contributed by atoms with Crippen LogP contribution >= 0.6 is 0 Å². The van der Waals surface area contributed by atoms with Gasteiger partial charge in [0.15, 0.2) is 5.65 Å². The van der Waals surface area contributed by atoms with E-state index in [4.69, 9.17) is 0 Å². The summed E-state index contributed by atoms with van der Waals surface area (Å²) in [6, 6.07) is 3.97. The van der Waals surface area contributed by atoms with Gasteiger partial charge in [-0.2, -0.15) is 0 Å². The number of pyridine rings is 1. The molecule has 2 heterocycles. The van der Waals surface area contributed by atoms with Gasteiger partial charge in [-0.1, -0.05) is 6.92 Å². The van der Waals surface area contributed by atoms with Gasteiger partial charge in [-0.15, -0.1) is 0 Å². The lowest BCUT2D eigenvalue weighted by atomic mass is 10.1. The van der Waals surface area contributed by atoms with E-state index in [1.165, 1.54) is 0 Å². The van der Waals surface area contributed by atoms with Crippen molar-refractivity contribution in [1.29, 1.82) is 0 Å². The zero-order chi connectivity index (χ0) is 11.8. The molecule has 86 valence electrons. The molecule has 0 fully saturated rings. The Kier molecular flexibility index (Phi) is 2.70. The van der Waals surface area contributed by atoms with Crippen LogP contribution in [0.2, 0.25) is 0 Å². The van der Waals surface area contributed by atoms with Crippen molar-refractivity contribution in [1.82, 2.24) is 14.5 Å². The molecule has 2 rings (SSSR count). The molecule has 0 aliphatic carbocycles.